The van der Waals surface area contributed by atoms with Gasteiger partial charge in [0.2, 0.25) is 11.8 Å². The average Bonchev–Trinajstić information content (AvgIpc) is 3.35. The summed E-state index contributed by atoms with van der Waals surface area (Å²) in [5.74, 6) is -0.324. The molecule has 0 bridgehead atoms. The van der Waals surface area contributed by atoms with Gasteiger partial charge < -0.3 is 10.6 Å². The number of nitrogens with one attached hydrogen (secondary N) is 1. The number of nitrogens with two attached hydrogens (primary N) is 1. The van der Waals surface area contributed by atoms with Crippen LogP contribution in [0.5, 0.6) is 0 Å². The number of aromatic amines is 1. The van der Waals surface area contributed by atoms with Crippen LogP contribution in [0, 0.1) is 0 Å². The third-order valence-electron chi connectivity index (χ3n) is 5.46. The molecular weight excluding hydrogens is 426 g/mol. The zero-order valence-electron chi connectivity index (χ0n) is 20.8. The van der Waals surface area contributed by atoms with E-state index in [1.165, 1.54) is 12.8 Å². The van der Waals surface area contributed by atoms with E-state index in [2.05, 4.69) is 29.3 Å². The number of H-pyrrole nitrogens is 1. The molecule has 7 nitrogen and oxygen atoms in total. The fourth-order valence-corrected chi connectivity index (χ4v) is 3.59. The molecule has 0 saturated heterocycles. The van der Waals surface area contributed by atoms with Crippen molar-refractivity contribution in [1.29, 1.82) is 0 Å². The van der Waals surface area contributed by atoms with Crippen molar-refractivity contribution in [2.24, 2.45) is 5.73 Å². The number of primary amides is 1. The number of fused-ring (bicyclic) bond motifs is 5. The summed E-state index contributed by atoms with van der Waals surface area (Å²) in [6, 6.07) is 15.7. The molecule has 0 saturated carbocycles. The van der Waals surface area contributed by atoms with Crippen molar-refractivity contribution < 1.29 is 9.59 Å². The van der Waals surface area contributed by atoms with Crippen LogP contribution in [0.15, 0.2) is 48.5 Å². The summed E-state index contributed by atoms with van der Waals surface area (Å²) in [5.41, 5.74) is 10.4. The molecule has 0 spiro atoms. The van der Waals surface area contributed by atoms with Crippen molar-refractivity contribution in [3.63, 3.8) is 0 Å². The standard InChI is InChI=1S/C21H21N5O2.C4H10.C2H6/c22-18(27)11-5-6-12-19(28)26-13-14-7-1-2-8-15(14)20-21(24-25-23-20)16-9-3-4-10-17(16)26;1-3-4-2;1-2/h1-4,7-10H,5-6,11-13H2,(H2,22,27)(H,23,24,25);3-4H2,1-2H3;1-2H3. The van der Waals surface area contributed by atoms with Crippen molar-refractivity contribution in [3.8, 4) is 22.5 Å². The van der Waals surface area contributed by atoms with Gasteiger partial charge in [0.05, 0.1) is 12.2 Å². The molecule has 4 rings (SSSR count). The van der Waals surface area contributed by atoms with Crippen molar-refractivity contribution in [2.45, 2.75) is 72.8 Å². The van der Waals surface area contributed by atoms with E-state index in [1.807, 2.05) is 62.4 Å². The maximum atomic E-state index is 13.1. The zero-order valence-corrected chi connectivity index (χ0v) is 20.8. The largest absolute Gasteiger partial charge is 0.370 e. The Balaban J connectivity index is 0.000000618. The van der Waals surface area contributed by atoms with E-state index < -0.39 is 0 Å². The lowest BCUT2D eigenvalue weighted by molar-refractivity contribution is -0.120. The van der Waals surface area contributed by atoms with E-state index in [9.17, 15) is 9.59 Å². The maximum absolute atomic E-state index is 13.1. The molecule has 0 aliphatic carbocycles. The van der Waals surface area contributed by atoms with Crippen LogP contribution >= 0.6 is 0 Å². The Bertz CT molecular complexity index is 1060. The van der Waals surface area contributed by atoms with Gasteiger partial charge in [0, 0.05) is 24.0 Å². The summed E-state index contributed by atoms with van der Waals surface area (Å²) < 4.78 is 0. The van der Waals surface area contributed by atoms with Gasteiger partial charge in [0.1, 0.15) is 11.4 Å². The molecule has 0 atom stereocenters. The molecule has 2 heterocycles. The minimum atomic E-state index is -0.337. The third-order valence-corrected chi connectivity index (χ3v) is 5.46. The molecule has 3 N–H and O–H groups in total. The van der Waals surface area contributed by atoms with E-state index in [0.29, 0.717) is 32.2 Å². The summed E-state index contributed by atoms with van der Waals surface area (Å²) in [6.07, 6.45) is 4.53. The first-order valence-corrected chi connectivity index (χ1v) is 12.2. The Labute approximate surface area is 202 Å². The van der Waals surface area contributed by atoms with Crippen LogP contribution in [0.25, 0.3) is 22.5 Å². The van der Waals surface area contributed by atoms with Gasteiger partial charge in [0.25, 0.3) is 0 Å². The fraction of sp³-hybridized carbons (Fsp3) is 0.407. The number of anilines is 1. The molecule has 2 amide bonds. The number of amides is 2. The smallest absolute Gasteiger partial charge is 0.227 e. The first-order chi connectivity index (χ1) is 16.6. The second-order valence-corrected chi connectivity index (χ2v) is 7.85. The summed E-state index contributed by atoms with van der Waals surface area (Å²) >= 11 is 0. The van der Waals surface area contributed by atoms with Crippen LogP contribution in [-0.4, -0.2) is 27.2 Å². The molecule has 7 heteroatoms. The monoisotopic (exact) mass is 463 g/mol. The van der Waals surface area contributed by atoms with Gasteiger partial charge in [-0.1, -0.05) is 83.0 Å². The molecule has 0 radical (unpaired) electrons. The number of hydrogen-bond donors (Lipinski definition) is 2. The number of carbonyl (C=O) groups excluding carboxylic acids is 2. The normalized spacial score (nSPS) is 11.2. The van der Waals surface area contributed by atoms with Crippen LogP contribution in [0.3, 0.4) is 0 Å². The molecule has 2 aromatic carbocycles. The lowest BCUT2D eigenvalue weighted by atomic mass is 9.95. The molecule has 1 aromatic heterocycles. The SMILES string of the molecule is CC.CCCC.NC(=O)CCCCC(=O)N1Cc2ccccc2-c2n[nH]nc2-c2ccccc21. The minimum absolute atomic E-state index is 0.0127. The van der Waals surface area contributed by atoms with Gasteiger partial charge in [-0.25, -0.2) is 0 Å². The third kappa shape index (κ3) is 6.76. The van der Waals surface area contributed by atoms with E-state index in [0.717, 1.165) is 33.8 Å². The number of hydrogen-bond acceptors (Lipinski definition) is 4. The van der Waals surface area contributed by atoms with Gasteiger partial charge in [-0.3, -0.25) is 9.59 Å². The quantitative estimate of drug-likeness (QED) is 0.446. The Hall–Kier alpha value is -3.48. The lowest BCUT2D eigenvalue weighted by Crippen LogP contribution is -2.31. The highest BCUT2D eigenvalue weighted by Gasteiger charge is 2.27. The number of rotatable bonds is 6. The molecule has 1 aliphatic heterocycles. The first kappa shape index (κ1) is 26.8. The Morgan fingerprint density at radius 1 is 0.882 bits per heavy atom. The van der Waals surface area contributed by atoms with Gasteiger partial charge in [-0.2, -0.15) is 15.4 Å². The highest BCUT2D eigenvalue weighted by Crippen LogP contribution is 2.39. The number of para-hydroxylation sites is 1. The van der Waals surface area contributed by atoms with Gasteiger partial charge in [0.15, 0.2) is 0 Å². The highest BCUT2D eigenvalue weighted by molar-refractivity contribution is 6.00. The maximum Gasteiger partial charge on any atom is 0.227 e. The highest BCUT2D eigenvalue weighted by atomic mass is 16.2. The fourth-order valence-electron chi connectivity index (χ4n) is 3.59. The Morgan fingerprint density at radius 3 is 2.09 bits per heavy atom. The summed E-state index contributed by atoms with van der Waals surface area (Å²) in [6.45, 7) is 8.81. The lowest BCUT2D eigenvalue weighted by Gasteiger charge is -2.28. The zero-order chi connectivity index (χ0) is 24.9. The molecule has 3 aromatic rings. The van der Waals surface area contributed by atoms with Crippen LogP contribution < -0.4 is 10.6 Å². The predicted octanol–water partition coefficient (Wildman–Crippen LogP) is 5.86. The van der Waals surface area contributed by atoms with Crippen molar-refractivity contribution >= 4 is 17.5 Å². The average molecular weight is 464 g/mol. The number of aromatic nitrogens is 3. The van der Waals surface area contributed by atoms with Crippen LogP contribution in [0.4, 0.5) is 5.69 Å². The van der Waals surface area contributed by atoms with Gasteiger partial charge in [-0.05, 0) is 24.5 Å². The Kier molecular flexibility index (Phi) is 11.0. The summed E-state index contributed by atoms with van der Waals surface area (Å²) in [5, 5.41) is 11.5. The van der Waals surface area contributed by atoms with Crippen LogP contribution in [-0.2, 0) is 16.1 Å². The van der Waals surface area contributed by atoms with Crippen molar-refractivity contribution in [2.75, 3.05) is 4.90 Å². The van der Waals surface area contributed by atoms with Crippen molar-refractivity contribution in [3.05, 3.63) is 54.1 Å². The number of carbonyl (C=O) groups is 2. The van der Waals surface area contributed by atoms with E-state index in [4.69, 9.17) is 5.73 Å². The molecule has 182 valence electrons. The van der Waals surface area contributed by atoms with E-state index in [-0.39, 0.29) is 11.8 Å². The van der Waals surface area contributed by atoms with Crippen LogP contribution in [0.2, 0.25) is 0 Å². The number of nitrogens with zero attached hydrogens (tertiary/aromatic N) is 3. The van der Waals surface area contributed by atoms with E-state index >= 15 is 0 Å². The van der Waals surface area contributed by atoms with Gasteiger partial charge >= 0.3 is 0 Å². The molecule has 1 aliphatic rings. The van der Waals surface area contributed by atoms with E-state index in [1.54, 1.807) is 4.90 Å². The summed E-state index contributed by atoms with van der Waals surface area (Å²) in [4.78, 5) is 25.8. The predicted molar refractivity (Wildman–Crippen MR) is 138 cm³/mol. The van der Waals surface area contributed by atoms with Gasteiger partial charge in [-0.15, -0.1) is 0 Å². The molecule has 34 heavy (non-hydrogen) atoms. The van der Waals surface area contributed by atoms with Crippen molar-refractivity contribution in [1.82, 2.24) is 15.4 Å². The topological polar surface area (TPSA) is 105 Å². The molecule has 0 fully saturated rings. The number of unbranched alkanes of at least 4 members (excludes halogenated alkanes) is 2. The minimum Gasteiger partial charge on any atom is -0.370 e. The Morgan fingerprint density at radius 2 is 1.44 bits per heavy atom. The van der Waals surface area contributed by atoms with Crippen LogP contribution in [0.1, 0.15) is 71.8 Å². The second kappa shape index (κ2) is 13.9. The second-order valence-electron chi connectivity index (χ2n) is 7.85. The number of benzene rings is 2. The molecular formula is C27H37N5O2. The molecule has 0 unspecified atom stereocenters. The first-order valence-electron chi connectivity index (χ1n) is 12.2. The summed E-state index contributed by atoms with van der Waals surface area (Å²) in [7, 11) is 0.